The molecule has 0 bridgehead atoms. The molecule has 0 aliphatic rings. The minimum Gasteiger partial charge on any atom is -0.398 e. The molecule has 2 heterocycles. The van der Waals surface area contributed by atoms with Crippen LogP contribution in [0, 0.1) is 0 Å². The molecule has 0 amide bonds. The molecule has 0 unspecified atom stereocenters. The van der Waals surface area contributed by atoms with Gasteiger partial charge in [0.25, 0.3) is 5.89 Å². The Bertz CT molecular complexity index is 678. The Morgan fingerprint density at radius 3 is 2.89 bits per heavy atom. The second-order valence-electron chi connectivity index (χ2n) is 3.63. The minimum atomic E-state index is 0.396. The van der Waals surface area contributed by atoms with Gasteiger partial charge in [0, 0.05) is 10.7 Å². The summed E-state index contributed by atoms with van der Waals surface area (Å²) in [5.41, 5.74) is 7.08. The summed E-state index contributed by atoms with van der Waals surface area (Å²) in [6.07, 6.45) is 0. The van der Waals surface area contributed by atoms with E-state index in [1.165, 1.54) is 0 Å². The number of thiophene rings is 1. The minimum absolute atomic E-state index is 0.396. The van der Waals surface area contributed by atoms with Gasteiger partial charge in [-0.2, -0.15) is 4.98 Å². The van der Waals surface area contributed by atoms with Crippen LogP contribution >= 0.6 is 22.9 Å². The van der Waals surface area contributed by atoms with Gasteiger partial charge in [-0.15, -0.1) is 11.3 Å². The number of nitrogens with zero attached hydrogens (tertiary/aromatic N) is 2. The SMILES string of the molecule is Nc1cc(Cl)ccc1-c1nc(-c2cccs2)no1. The van der Waals surface area contributed by atoms with Crippen LogP contribution in [0.2, 0.25) is 5.02 Å². The molecule has 4 nitrogen and oxygen atoms in total. The summed E-state index contributed by atoms with van der Waals surface area (Å²) in [5.74, 6) is 0.960. The standard InChI is InChI=1S/C12H8ClN3OS/c13-7-3-4-8(9(14)6-7)12-15-11(16-17-12)10-2-1-5-18-10/h1-6H,14H2. The first-order valence-corrected chi connectivity index (χ1v) is 6.43. The van der Waals surface area contributed by atoms with E-state index in [4.69, 9.17) is 21.9 Å². The quantitative estimate of drug-likeness (QED) is 0.725. The van der Waals surface area contributed by atoms with Crippen LogP contribution in [0.5, 0.6) is 0 Å². The van der Waals surface area contributed by atoms with E-state index in [2.05, 4.69) is 10.1 Å². The molecule has 0 aliphatic carbocycles. The fraction of sp³-hybridized carbons (Fsp3) is 0. The number of nitrogens with two attached hydrogens (primary N) is 1. The highest BCUT2D eigenvalue weighted by atomic mass is 35.5. The summed E-state index contributed by atoms with van der Waals surface area (Å²) in [4.78, 5) is 5.28. The molecular weight excluding hydrogens is 270 g/mol. The first kappa shape index (κ1) is 11.3. The summed E-state index contributed by atoms with van der Waals surface area (Å²) < 4.78 is 5.22. The third-order valence-electron chi connectivity index (χ3n) is 2.41. The lowest BCUT2D eigenvalue weighted by atomic mass is 10.2. The molecule has 0 fully saturated rings. The molecule has 90 valence electrons. The molecule has 0 atom stereocenters. The fourth-order valence-electron chi connectivity index (χ4n) is 1.57. The Morgan fingerprint density at radius 2 is 2.17 bits per heavy atom. The molecule has 2 aromatic heterocycles. The van der Waals surface area contributed by atoms with Crippen LogP contribution < -0.4 is 5.73 Å². The third kappa shape index (κ3) is 1.98. The van der Waals surface area contributed by atoms with Crippen molar-refractivity contribution in [2.24, 2.45) is 0 Å². The molecule has 0 saturated carbocycles. The van der Waals surface area contributed by atoms with Crippen LogP contribution in [-0.4, -0.2) is 10.1 Å². The summed E-state index contributed by atoms with van der Waals surface area (Å²) in [5, 5.41) is 6.47. The highest BCUT2D eigenvalue weighted by Gasteiger charge is 2.13. The molecule has 3 aromatic rings. The Hall–Kier alpha value is -1.85. The maximum Gasteiger partial charge on any atom is 0.260 e. The van der Waals surface area contributed by atoms with Gasteiger partial charge in [-0.05, 0) is 29.6 Å². The lowest BCUT2D eigenvalue weighted by Gasteiger charge is -1.99. The summed E-state index contributed by atoms with van der Waals surface area (Å²) >= 11 is 7.40. The summed E-state index contributed by atoms with van der Waals surface area (Å²) in [6.45, 7) is 0. The van der Waals surface area contributed by atoms with Crippen molar-refractivity contribution in [2.75, 3.05) is 5.73 Å². The second-order valence-corrected chi connectivity index (χ2v) is 5.02. The lowest BCUT2D eigenvalue weighted by molar-refractivity contribution is 0.432. The van der Waals surface area contributed by atoms with Crippen molar-refractivity contribution in [1.29, 1.82) is 0 Å². The van der Waals surface area contributed by atoms with Crippen molar-refractivity contribution >= 4 is 28.6 Å². The van der Waals surface area contributed by atoms with Crippen molar-refractivity contribution in [3.63, 3.8) is 0 Å². The topological polar surface area (TPSA) is 64.9 Å². The number of aromatic nitrogens is 2. The molecular formula is C12H8ClN3OS. The maximum atomic E-state index is 5.87. The lowest BCUT2D eigenvalue weighted by Crippen LogP contribution is -1.89. The number of anilines is 1. The van der Waals surface area contributed by atoms with E-state index in [-0.39, 0.29) is 0 Å². The van der Waals surface area contributed by atoms with Gasteiger partial charge in [0.05, 0.1) is 10.4 Å². The zero-order valence-corrected chi connectivity index (χ0v) is 10.7. The van der Waals surface area contributed by atoms with Gasteiger partial charge in [0.1, 0.15) is 0 Å². The van der Waals surface area contributed by atoms with Crippen molar-refractivity contribution in [2.45, 2.75) is 0 Å². The molecule has 0 saturated heterocycles. The van der Waals surface area contributed by atoms with Gasteiger partial charge in [-0.3, -0.25) is 0 Å². The van der Waals surface area contributed by atoms with Crippen molar-refractivity contribution in [1.82, 2.24) is 10.1 Å². The normalized spacial score (nSPS) is 10.7. The average molecular weight is 278 g/mol. The number of nitrogen functional groups attached to an aromatic ring is 1. The van der Waals surface area contributed by atoms with Gasteiger partial charge >= 0.3 is 0 Å². The molecule has 2 N–H and O–H groups in total. The van der Waals surface area contributed by atoms with Crippen LogP contribution in [0.4, 0.5) is 5.69 Å². The van der Waals surface area contributed by atoms with E-state index in [0.29, 0.717) is 28.0 Å². The van der Waals surface area contributed by atoms with E-state index in [1.807, 2.05) is 17.5 Å². The van der Waals surface area contributed by atoms with Crippen molar-refractivity contribution in [3.05, 3.63) is 40.7 Å². The fourth-order valence-corrected chi connectivity index (χ4v) is 2.40. The van der Waals surface area contributed by atoms with Crippen LogP contribution in [0.25, 0.3) is 22.2 Å². The zero-order chi connectivity index (χ0) is 12.5. The predicted octanol–water partition coefficient (Wildman–Crippen LogP) is 3.70. The molecule has 0 aliphatic heterocycles. The molecule has 3 rings (SSSR count). The highest BCUT2D eigenvalue weighted by molar-refractivity contribution is 7.13. The largest absolute Gasteiger partial charge is 0.398 e. The van der Waals surface area contributed by atoms with E-state index >= 15 is 0 Å². The number of rotatable bonds is 2. The first-order valence-electron chi connectivity index (χ1n) is 5.17. The first-order chi connectivity index (χ1) is 8.74. The van der Waals surface area contributed by atoms with Gasteiger partial charge in [0.15, 0.2) is 0 Å². The van der Waals surface area contributed by atoms with E-state index in [1.54, 1.807) is 29.5 Å². The van der Waals surface area contributed by atoms with Gasteiger partial charge in [-0.1, -0.05) is 22.8 Å². The van der Waals surface area contributed by atoms with Crippen LogP contribution in [0.1, 0.15) is 0 Å². The Balaban J connectivity index is 2.03. The number of hydrogen-bond acceptors (Lipinski definition) is 5. The summed E-state index contributed by atoms with van der Waals surface area (Å²) in [7, 11) is 0. The summed E-state index contributed by atoms with van der Waals surface area (Å²) in [6, 6.07) is 9.04. The van der Waals surface area contributed by atoms with E-state index in [0.717, 1.165) is 4.88 Å². The Kier molecular flexibility index (Phi) is 2.77. The third-order valence-corrected chi connectivity index (χ3v) is 3.51. The monoisotopic (exact) mass is 277 g/mol. The van der Waals surface area contributed by atoms with Crippen molar-refractivity contribution < 1.29 is 4.52 Å². The number of halogens is 1. The second kappa shape index (κ2) is 4.44. The van der Waals surface area contributed by atoms with Gasteiger partial charge in [-0.25, -0.2) is 0 Å². The van der Waals surface area contributed by atoms with Crippen molar-refractivity contribution in [3.8, 4) is 22.2 Å². The number of benzene rings is 1. The average Bonchev–Trinajstić information content (AvgIpc) is 2.99. The smallest absolute Gasteiger partial charge is 0.260 e. The van der Waals surface area contributed by atoms with Gasteiger partial charge < -0.3 is 10.3 Å². The zero-order valence-electron chi connectivity index (χ0n) is 9.13. The van der Waals surface area contributed by atoms with Gasteiger partial charge in [0.2, 0.25) is 5.82 Å². The van der Waals surface area contributed by atoms with Crippen LogP contribution in [0.15, 0.2) is 40.2 Å². The number of hydrogen-bond donors (Lipinski definition) is 1. The Labute approximate surface area is 112 Å². The Morgan fingerprint density at radius 1 is 1.28 bits per heavy atom. The van der Waals surface area contributed by atoms with E-state index in [9.17, 15) is 0 Å². The predicted molar refractivity (Wildman–Crippen MR) is 72.5 cm³/mol. The molecule has 18 heavy (non-hydrogen) atoms. The molecule has 0 spiro atoms. The van der Waals surface area contributed by atoms with Crippen LogP contribution in [0.3, 0.4) is 0 Å². The van der Waals surface area contributed by atoms with Crippen LogP contribution in [-0.2, 0) is 0 Å². The molecule has 0 radical (unpaired) electrons. The highest BCUT2D eigenvalue weighted by Crippen LogP contribution is 2.29. The molecule has 6 heteroatoms. The van der Waals surface area contributed by atoms with E-state index < -0.39 is 0 Å². The maximum absolute atomic E-state index is 5.87. The molecule has 1 aromatic carbocycles.